The summed E-state index contributed by atoms with van der Waals surface area (Å²) in [6.07, 6.45) is 0.890. The molecule has 0 saturated heterocycles. The number of thioether (sulfide) groups is 1. The lowest BCUT2D eigenvalue weighted by Gasteiger charge is -2.24. The third-order valence-corrected chi connectivity index (χ3v) is 3.80. The molecule has 0 spiro atoms. The molecule has 0 saturated carbocycles. The fraction of sp³-hybridized carbons (Fsp3) is 0.500. The number of hydrogen-bond donors (Lipinski definition) is 1. The van der Waals surface area contributed by atoms with E-state index in [9.17, 15) is 4.79 Å². The first-order valence-electron chi connectivity index (χ1n) is 5.91. The van der Waals surface area contributed by atoms with Gasteiger partial charge in [-0.2, -0.15) is 0 Å². The number of hydrogen-bond acceptors (Lipinski definition) is 2. The van der Waals surface area contributed by atoms with Crippen molar-refractivity contribution in [2.45, 2.75) is 43.9 Å². The largest absolute Gasteiger partial charge is 0.481 e. The van der Waals surface area contributed by atoms with Crippen LogP contribution in [0.5, 0.6) is 0 Å². The SMILES string of the molecule is CCSc1ccc(C(C)(C)CCC(=O)O)cc1. The number of rotatable bonds is 6. The number of carboxylic acid groups (broad SMARTS) is 1. The summed E-state index contributed by atoms with van der Waals surface area (Å²) in [5.41, 5.74) is 1.13. The summed E-state index contributed by atoms with van der Waals surface area (Å²) in [5, 5.41) is 8.73. The van der Waals surface area contributed by atoms with E-state index < -0.39 is 5.97 Å². The molecule has 2 nitrogen and oxygen atoms in total. The van der Waals surface area contributed by atoms with E-state index in [-0.39, 0.29) is 11.8 Å². The summed E-state index contributed by atoms with van der Waals surface area (Å²) in [6, 6.07) is 8.46. The second-order valence-electron chi connectivity index (χ2n) is 4.74. The van der Waals surface area contributed by atoms with Gasteiger partial charge in [-0.15, -0.1) is 11.8 Å². The Hall–Kier alpha value is -0.960. The molecular weight excluding hydrogens is 232 g/mol. The van der Waals surface area contributed by atoms with E-state index in [4.69, 9.17) is 5.11 Å². The Morgan fingerprint density at radius 2 is 1.88 bits per heavy atom. The first kappa shape index (κ1) is 14.1. The zero-order valence-electron chi connectivity index (χ0n) is 10.7. The predicted molar refractivity (Wildman–Crippen MR) is 72.7 cm³/mol. The van der Waals surface area contributed by atoms with Crippen LogP contribution in [0.3, 0.4) is 0 Å². The third-order valence-electron chi connectivity index (χ3n) is 2.91. The molecule has 0 atom stereocenters. The van der Waals surface area contributed by atoms with Crippen LogP contribution in [-0.2, 0) is 10.2 Å². The van der Waals surface area contributed by atoms with Gasteiger partial charge in [0.2, 0.25) is 0 Å². The topological polar surface area (TPSA) is 37.3 Å². The highest BCUT2D eigenvalue weighted by Gasteiger charge is 2.21. The van der Waals surface area contributed by atoms with Crippen LogP contribution >= 0.6 is 11.8 Å². The first-order valence-corrected chi connectivity index (χ1v) is 6.89. The number of carbonyl (C=O) groups is 1. The molecule has 94 valence electrons. The first-order chi connectivity index (χ1) is 7.95. The summed E-state index contributed by atoms with van der Waals surface area (Å²) in [4.78, 5) is 11.9. The van der Waals surface area contributed by atoms with Gasteiger partial charge in [-0.05, 0) is 35.3 Å². The minimum Gasteiger partial charge on any atom is -0.481 e. The molecule has 0 aromatic heterocycles. The van der Waals surface area contributed by atoms with Gasteiger partial charge in [0.25, 0.3) is 0 Å². The quantitative estimate of drug-likeness (QED) is 0.779. The molecule has 0 heterocycles. The molecule has 1 rings (SSSR count). The molecule has 0 bridgehead atoms. The minimum atomic E-state index is -0.726. The van der Waals surface area contributed by atoms with Crippen LogP contribution < -0.4 is 0 Å². The average molecular weight is 252 g/mol. The van der Waals surface area contributed by atoms with Gasteiger partial charge >= 0.3 is 5.97 Å². The summed E-state index contributed by atoms with van der Waals surface area (Å²) >= 11 is 1.82. The lowest BCUT2D eigenvalue weighted by molar-refractivity contribution is -0.137. The Kier molecular flexibility index (Phi) is 5.06. The zero-order valence-corrected chi connectivity index (χ0v) is 11.5. The molecule has 0 aliphatic rings. The van der Waals surface area contributed by atoms with Gasteiger partial charge in [-0.1, -0.05) is 32.9 Å². The Morgan fingerprint density at radius 3 is 2.35 bits per heavy atom. The maximum Gasteiger partial charge on any atom is 0.303 e. The Labute approximate surface area is 107 Å². The van der Waals surface area contributed by atoms with Gasteiger partial charge in [-0.3, -0.25) is 4.79 Å². The van der Waals surface area contributed by atoms with E-state index >= 15 is 0 Å². The number of benzene rings is 1. The molecule has 0 unspecified atom stereocenters. The minimum absolute atomic E-state index is 0.0756. The zero-order chi connectivity index (χ0) is 12.9. The molecule has 0 radical (unpaired) electrons. The molecular formula is C14H20O2S. The molecule has 0 aliphatic carbocycles. The van der Waals surface area contributed by atoms with E-state index in [1.54, 1.807) is 0 Å². The van der Waals surface area contributed by atoms with Gasteiger partial charge in [-0.25, -0.2) is 0 Å². The van der Waals surface area contributed by atoms with Crippen molar-refractivity contribution in [1.29, 1.82) is 0 Å². The molecule has 0 fully saturated rings. The van der Waals surface area contributed by atoms with Crippen molar-refractivity contribution in [3.8, 4) is 0 Å². The van der Waals surface area contributed by atoms with Crippen LogP contribution in [0.2, 0.25) is 0 Å². The number of aliphatic carboxylic acids is 1. The summed E-state index contributed by atoms with van der Waals surface area (Å²) in [5.74, 6) is 0.345. The lowest BCUT2D eigenvalue weighted by Crippen LogP contribution is -2.18. The summed E-state index contributed by atoms with van der Waals surface area (Å²) in [6.45, 7) is 6.32. The van der Waals surface area contributed by atoms with Crippen LogP contribution in [0, 0.1) is 0 Å². The van der Waals surface area contributed by atoms with Gasteiger partial charge in [0.15, 0.2) is 0 Å². The Morgan fingerprint density at radius 1 is 1.29 bits per heavy atom. The molecule has 1 N–H and O–H groups in total. The van der Waals surface area contributed by atoms with Crippen molar-refractivity contribution in [3.63, 3.8) is 0 Å². The Balaban J connectivity index is 2.73. The molecule has 0 aliphatic heterocycles. The normalized spacial score (nSPS) is 11.5. The van der Waals surface area contributed by atoms with E-state index in [1.165, 1.54) is 10.5 Å². The smallest absolute Gasteiger partial charge is 0.303 e. The van der Waals surface area contributed by atoms with Crippen molar-refractivity contribution in [2.75, 3.05) is 5.75 Å². The molecule has 17 heavy (non-hydrogen) atoms. The van der Waals surface area contributed by atoms with E-state index in [0.717, 1.165) is 5.75 Å². The predicted octanol–water partition coefficient (Wildman–Crippen LogP) is 3.94. The maximum absolute atomic E-state index is 10.6. The van der Waals surface area contributed by atoms with Gasteiger partial charge in [0.1, 0.15) is 0 Å². The highest BCUT2D eigenvalue weighted by Crippen LogP contribution is 2.30. The van der Waals surface area contributed by atoms with Gasteiger partial charge in [0.05, 0.1) is 0 Å². The fourth-order valence-electron chi connectivity index (χ4n) is 1.73. The second-order valence-corrected chi connectivity index (χ2v) is 6.07. The number of carboxylic acids is 1. The van der Waals surface area contributed by atoms with Crippen molar-refractivity contribution in [2.24, 2.45) is 0 Å². The van der Waals surface area contributed by atoms with E-state index in [0.29, 0.717) is 6.42 Å². The Bertz CT molecular complexity index is 368. The van der Waals surface area contributed by atoms with Crippen molar-refractivity contribution in [3.05, 3.63) is 29.8 Å². The third kappa shape index (κ3) is 4.43. The average Bonchev–Trinajstić information content (AvgIpc) is 2.28. The van der Waals surface area contributed by atoms with E-state index in [1.807, 2.05) is 11.8 Å². The fourth-order valence-corrected chi connectivity index (χ4v) is 2.39. The summed E-state index contributed by atoms with van der Waals surface area (Å²) < 4.78 is 0. The van der Waals surface area contributed by atoms with Crippen LogP contribution in [0.1, 0.15) is 39.2 Å². The standard InChI is InChI=1S/C14H20O2S/c1-4-17-12-7-5-11(6-8-12)14(2,3)10-9-13(15)16/h5-8H,4,9-10H2,1-3H3,(H,15,16). The summed E-state index contributed by atoms with van der Waals surface area (Å²) in [7, 11) is 0. The van der Waals surface area contributed by atoms with Crippen LogP contribution in [0.4, 0.5) is 0 Å². The van der Waals surface area contributed by atoms with Crippen molar-refractivity contribution < 1.29 is 9.90 Å². The van der Waals surface area contributed by atoms with Crippen LogP contribution in [0.15, 0.2) is 29.2 Å². The molecule has 3 heteroatoms. The van der Waals surface area contributed by atoms with Gasteiger partial charge < -0.3 is 5.11 Å². The van der Waals surface area contributed by atoms with Crippen molar-refractivity contribution in [1.82, 2.24) is 0 Å². The molecule has 0 amide bonds. The van der Waals surface area contributed by atoms with Crippen molar-refractivity contribution >= 4 is 17.7 Å². The maximum atomic E-state index is 10.6. The lowest BCUT2D eigenvalue weighted by atomic mass is 9.80. The molecule has 1 aromatic rings. The second kappa shape index (κ2) is 6.10. The highest BCUT2D eigenvalue weighted by molar-refractivity contribution is 7.99. The van der Waals surface area contributed by atoms with Crippen LogP contribution in [-0.4, -0.2) is 16.8 Å². The van der Waals surface area contributed by atoms with E-state index in [2.05, 4.69) is 45.0 Å². The monoisotopic (exact) mass is 252 g/mol. The van der Waals surface area contributed by atoms with Gasteiger partial charge in [0, 0.05) is 11.3 Å². The molecule has 1 aromatic carbocycles. The highest BCUT2D eigenvalue weighted by atomic mass is 32.2. The van der Waals surface area contributed by atoms with Crippen LogP contribution in [0.25, 0.3) is 0 Å².